The normalized spacial score (nSPS) is 20.3. The molecule has 0 saturated carbocycles. The Bertz CT molecular complexity index is 716. The van der Waals surface area contributed by atoms with Gasteiger partial charge in [0.05, 0.1) is 12.6 Å². The van der Waals surface area contributed by atoms with Gasteiger partial charge in [-0.3, -0.25) is 9.59 Å². The molecule has 2 aromatic carbocycles. The zero-order chi connectivity index (χ0) is 16.9. The second-order valence-corrected chi connectivity index (χ2v) is 5.53. The van der Waals surface area contributed by atoms with E-state index in [0.29, 0.717) is 11.3 Å². The summed E-state index contributed by atoms with van der Waals surface area (Å²) in [6.07, 6.45) is -0.411. The molecule has 124 valence electrons. The molecule has 0 radical (unpaired) electrons. The van der Waals surface area contributed by atoms with E-state index in [2.05, 4.69) is 10.6 Å². The van der Waals surface area contributed by atoms with E-state index < -0.39 is 12.1 Å². The summed E-state index contributed by atoms with van der Waals surface area (Å²) < 4.78 is 5.51. The predicted molar refractivity (Wildman–Crippen MR) is 88.5 cm³/mol. The first kappa shape index (κ1) is 16.2. The first-order chi connectivity index (χ1) is 11.7. The fourth-order valence-electron chi connectivity index (χ4n) is 2.62. The Morgan fingerprint density at radius 1 is 1.17 bits per heavy atom. The van der Waals surface area contributed by atoms with E-state index in [0.717, 1.165) is 5.56 Å². The van der Waals surface area contributed by atoms with Crippen LogP contribution in [0.1, 0.15) is 22.0 Å². The summed E-state index contributed by atoms with van der Waals surface area (Å²) in [5, 5.41) is 14.9. The average Bonchev–Trinajstić information content (AvgIpc) is 2.63. The number of aliphatic hydroxyl groups is 1. The number of nitrogens with one attached hydrogen (secondary N) is 2. The molecule has 2 amide bonds. The standard InChI is InChI=1S/C18H18N2O4/c21-10-15-17(24-11-16(22)20-15)12-6-8-14(9-7-12)19-18(23)13-4-2-1-3-5-13/h1-9,15,17,21H,10-11H2,(H,19,23)(H,20,22). The summed E-state index contributed by atoms with van der Waals surface area (Å²) in [4.78, 5) is 23.4. The summed E-state index contributed by atoms with van der Waals surface area (Å²) in [6.45, 7) is -0.240. The van der Waals surface area contributed by atoms with Crippen molar-refractivity contribution in [3.8, 4) is 0 Å². The molecule has 6 heteroatoms. The van der Waals surface area contributed by atoms with Crippen molar-refractivity contribution in [2.24, 2.45) is 0 Å². The van der Waals surface area contributed by atoms with Crippen LogP contribution in [0.25, 0.3) is 0 Å². The topological polar surface area (TPSA) is 87.7 Å². The minimum absolute atomic E-state index is 0.0341. The van der Waals surface area contributed by atoms with E-state index in [1.54, 1.807) is 24.3 Å². The maximum atomic E-state index is 12.1. The Morgan fingerprint density at radius 2 is 1.88 bits per heavy atom. The molecule has 2 atom stereocenters. The molecule has 1 aliphatic rings. The van der Waals surface area contributed by atoms with Gasteiger partial charge in [-0.25, -0.2) is 0 Å². The molecule has 24 heavy (non-hydrogen) atoms. The highest BCUT2D eigenvalue weighted by Crippen LogP contribution is 2.25. The highest BCUT2D eigenvalue weighted by atomic mass is 16.5. The van der Waals surface area contributed by atoms with Crippen molar-refractivity contribution >= 4 is 17.5 Å². The van der Waals surface area contributed by atoms with E-state index in [-0.39, 0.29) is 25.0 Å². The second-order valence-electron chi connectivity index (χ2n) is 5.53. The quantitative estimate of drug-likeness (QED) is 0.794. The van der Waals surface area contributed by atoms with Gasteiger partial charge in [-0.15, -0.1) is 0 Å². The number of hydrogen-bond acceptors (Lipinski definition) is 4. The van der Waals surface area contributed by atoms with Gasteiger partial charge in [-0.05, 0) is 29.8 Å². The number of carbonyl (C=O) groups is 2. The van der Waals surface area contributed by atoms with E-state index >= 15 is 0 Å². The van der Waals surface area contributed by atoms with Crippen molar-refractivity contribution in [2.75, 3.05) is 18.5 Å². The van der Waals surface area contributed by atoms with Crippen molar-refractivity contribution < 1.29 is 19.4 Å². The number of anilines is 1. The van der Waals surface area contributed by atoms with Crippen molar-refractivity contribution in [2.45, 2.75) is 12.1 Å². The van der Waals surface area contributed by atoms with E-state index in [4.69, 9.17) is 4.74 Å². The minimum Gasteiger partial charge on any atom is -0.394 e. The van der Waals surface area contributed by atoms with Crippen molar-refractivity contribution in [1.82, 2.24) is 5.32 Å². The summed E-state index contributed by atoms with van der Waals surface area (Å²) in [5.41, 5.74) is 2.07. The number of morpholine rings is 1. The third-order valence-corrected chi connectivity index (χ3v) is 3.84. The fourth-order valence-corrected chi connectivity index (χ4v) is 2.62. The van der Waals surface area contributed by atoms with Crippen LogP contribution in [0.3, 0.4) is 0 Å². The van der Waals surface area contributed by atoms with Crippen LogP contribution in [0.5, 0.6) is 0 Å². The Kier molecular flexibility index (Phi) is 4.88. The lowest BCUT2D eigenvalue weighted by Gasteiger charge is -2.31. The van der Waals surface area contributed by atoms with E-state index in [1.165, 1.54) is 0 Å². The molecular formula is C18H18N2O4. The first-order valence-electron chi connectivity index (χ1n) is 7.65. The lowest BCUT2D eigenvalue weighted by Crippen LogP contribution is -2.49. The van der Waals surface area contributed by atoms with Crippen LogP contribution in [0, 0.1) is 0 Å². The summed E-state index contributed by atoms with van der Waals surface area (Å²) in [5.74, 6) is -0.421. The van der Waals surface area contributed by atoms with Gasteiger partial charge in [-0.1, -0.05) is 30.3 Å². The summed E-state index contributed by atoms with van der Waals surface area (Å²) in [7, 11) is 0. The Hall–Kier alpha value is -2.70. The van der Waals surface area contributed by atoms with Crippen molar-refractivity contribution in [3.63, 3.8) is 0 Å². The molecule has 2 aromatic rings. The predicted octanol–water partition coefficient (Wildman–Crippen LogP) is 1.49. The molecule has 1 aliphatic heterocycles. The monoisotopic (exact) mass is 326 g/mol. The van der Waals surface area contributed by atoms with Crippen LogP contribution in [0.4, 0.5) is 5.69 Å². The van der Waals surface area contributed by atoms with Gasteiger partial charge in [0.25, 0.3) is 5.91 Å². The highest BCUT2D eigenvalue weighted by Gasteiger charge is 2.30. The van der Waals surface area contributed by atoms with E-state index in [9.17, 15) is 14.7 Å². The van der Waals surface area contributed by atoms with Crippen molar-refractivity contribution in [1.29, 1.82) is 0 Å². The molecule has 0 aliphatic carbocycles. The molecular weight excluding hydrogens is 308 g/mol. The first-order valence-corrected chi connectivity index (χ1v) is 7.65. The van der Waals surface area contributed by atoms with Gasteiger partial charge in [-0.2, -0.15) is 0 Å². The van der Waals surface area contributed by atoms with Crippen molar-refractivity contribution in [3.05, 3.63) is 65.7 Å². The molecule has 0 spiro atoms. The Balaban J connectivity index is 1.69. The average molecular weight is 326 g/mol. The van der Waals surface area contributed by atoms with Crippen LogP contribution in [0.2, 0.25) is 0 Å². The molecule has 1 saturated heterocycles. The lowest BCUT2D eigenvalue weighted by atomic mass is 10.0. The Labute approximate surface area is 139 Å². The van der Waals surface area contributed by atoms with Crippen LogP contribution in [-0.2, 0) is 9.53 Å². The smallest absolute Gasteiger partial charge is 0.255 e. The van der Waals surface area contributed by atoms with Gasteiger partial charge < -0.3 is 20.5 Å². The molecule has 1 heterocycles. The highest BCUT2D eigenvalue weighted by molar-refractivity contribution is 6.04. The lowest BCUT2D eigenvalue weighted by molar-refractivity contribution is -0.138. The number of hydrogen-bond donors (Lipinski definition) is 3. The molecule has 6 nitrogen and oxygen atoms in total. The Morgan fingerprint density at radius 3 is 2.54 bits per heavy atom. The molecule has 0 bridgehead atoms. The largest absolute Gasteiger partial charge is 0.394 e. The van der Waals surface area contributed by atoms with Crippen LogP contribution < -0.4 is 10.6 Å². The van der Waals surface area contributed by atoms with Crippen LogP contribution in [-0.4, -0.2) is 36.2 Å². The maximum absolute atomic E-state index is 12.1. The van der Waals surface area contributed by atoms with Crippen LogP contribution in [0.15, 0.2) is 54.6 Å². The zero-order valence-corrected chi connectivity index (χ0v) is 12.9. The molecule has 3 N–H and O–H groups in total. The third-order valence-electron chi connectivity index (χ3n) is 3.84. The number of carbonyl (C=O) groups excluding carboxylic acids is 2. The SMILES string of the molecule is O=C1COC(c2ccc(NC(=O)c3ccccc3)cc2)C(CO)N1. The molecule has 0 aromatic heterocycles. The molecule has 2 unspecified atom stereocenters. The van der Waals surface area contributed by atoms with Gasteiger partial charge >= 0.3 is 0 Å². The molecule has 1 fully saturated rings. The minimum atomic E-state index is -0.476. The molecule has 3 rings (SSSR count). The van der Waals surface area contributed by atoms with Gasteiger partial charge in [0.2, 0.25) is 5.91 Å². The number of ether oxygens (including phenoxy) is 1. The number of rotatable bonds is 4. The number of aliphatic hydroxyl groups excluding tert-OH is 1. The number of benzene rings is 2. The van der Waals surface area contributed by atoms with Gasteiger partial charge in [0.15, 0.2) is 0 Å². The van der Waals surface area contributed by atoms with E-state index in [1.807, 2.05) is 30.3 Å². The maximum Gasteiger partial charge on any atom is 0.255 e. The third kappa shape index (κ3) is 3.61. The summed E-state index contributed by atoms with van der Waals surface area (Å²) in [6, 6.07) is 15.6. The zero-order valence-electron chi connectivity index (χ0n) is 12.9. The summed E-state index contributed by atoms with van der Waals surface area (Å²) >= 11 is 0. The van der Waals surface area contributed by atoms with Gasteiger partial charge in [0.1, 0.15) is 12.7 Å². The van der Waals surface area contributed by atoms with Crippen LogP contribution >= 0.6 is 0 Å². The van der Waals surface area contributed by atoms with Gasteiger partial charge in [0, 0.05) is 11.3 Å². The second kappa shape index (κ2) is 7.25. The fraction of sp³-hybridized carbons (Fsp3) is 0.222. The number of amides is 2.